The standard InChI is InChI=1S/C17H20N2O2/c1-2-3-11-21-16-8-6-14(7-9-16)12-19-17(20)15-5-4-10-18-13-15/h4-10,13H,2-3,11-12H2,1H3,(H,19,20). The molecular weight excluding hydrogens is 264 g/mol. The van der Waals surface area contributed by atoms with E-state index in [9.17, 15) is 4.79 Å². The minimum absolute atomic E-state index is 0.119. The third-order valence-electron chi connectivity index (χ3n) is 3.07. The summed E-state index contributed by atoms with van der Waals surface area (Å²) in [6.45, 7) is 3.37. The van der Waals surface area contributed by atoms with E-state index >= 15 is 0 Å². The summed E-state index contributed by atoms with van der Waals surface area (Å²) >= 11 is 0. The normalized spacial score (nSPS) is 10.1. The van der Waals surface area contributed by atoms with Gasteiger partial charge in [-0.2, -0.15) is 0 Å². The number of nitrogens with one attached hydrogen (secondary N) is 1. The van der Waals surface area contributed by atoms with Crippen LogP contribution in [0, 0.1) is 0 Å². The van der Waals surface area contributed by atoms with Gasteiger partial charge in [0.05, 0.1) is 12.2 Å². The molecule has 0 radical (unpaired) electrons. The van der Waals surface area contributed by atoms with E-state index in [4.69, 9.17) is 4.74 Å². The largest absolute Gasteiger partial charge is 0.494 e. The molecular formula is C17H20N2O2. The number of hydrogen-bond acceptors (Lipinski definition) is 3. The van der Waals surface area contributed by atoms with Crippen molar-refractivity contribution in [3.63, 3.8) is 0 Å². The van der Waals surface area contributed by atoms with E-state index < -0.39 is 0 Å². The average molecular weight is 284 g/mol. The summed E-state index contributed by atoms with van der Waals surface area (Å²) in [7, 11) is 0. The van der Waals surface area contributed by atoms with Crippen LogP contribution in [0.4, 0.5) is 0 Å². The maximum absolute atomic E-state index is 11.9. The van der Waals surface area contributed by atoms with Crippen LogP contribution < -0.4 is 10.1 Å². The van der Waals surface area contributed by atoms with Crippen LogP contribution in [0.2, 0.25) is 0 Å². The Morgan fingerprint density at radius 1 is 1.24 bits per heavy atom. The van der Waals surface area contributed by atoms with Crippen LogP contribution in [0.25, 0.3) is 0 Å². The van der Waals surface area contributed by atoms with Gasteiger partial charge in [0.15, 0.2) is 0 Å². The lowest BCUT2D eigenvalue weighted by Gasteiger charge is -2.08. The van der Waals surface area contributed by atoms with E-state index in [2.05, 4.69) is 17.2 Å². The van der Waals surface area contributed by atoms with E-state index in [-0.39, 0.29) is 5.91 Å². The Kier molecular flexibility index (Phi) is 5.76. The van der Waals surface area contributed by atoms with E-state index in [1.54, 1.807) is 24.5 Å². The van der Waals surface area contributed by atoms with Crippen molar-refractivity contribution in [2.45, 2.75) is 26.3 Å². The van der Waals surface area contributed by atoms with Crippen LogP contribution in [0.1, 0.15) is 35.7 Å². The number of ether oxygens (including phenoxy) is 1. The summed E-state index contributed by atoms with van der Waals surface area (Å²) < 4.78 is 5.60. The first kappa shape index (κ1) is 15.0. The molecule has 2 aromatic rings. The summed E-state index contributed by atoms with van der Waals surface area (Å²) in [4.78, 5) is 15.8. The van der Waals surface area contributed by atoms with Gasteiger partial charge in [0, 0.05) is 18.9 Å². The van der Waals surface area contributed by atoms with E-state index in [1.165, 1.54) is 0 Å². The second kappa shape index (κ2) is 8.04. The van der Waals surface area contributed by atoms with Gasteiger partial charge < -0.3 is 10.1 Å². The monoisotopic (exact) mass is 284 g/mol. The molecule has 0 aliphatic carbocycles. The molecule has 4 nitrogen and oxygen atoms in total. The van der Waals surface area contributed by atoms with Crippen LogP contribution in [-0.2, 0) is 6.54 Å². The molecule has 4 heteroatoms. The van der Waals surface area contributed by atoms with Crippen molar-refractivity contribution in [2.75, 3.05) is 6.61 Å². The molecule has 21 heavy (non-hydrogen) atoms. The Morgan fingerprint density at radius 2 is 2.05 bits per heavy atom. The molecule has 0 atom stereocenters. The highest BCUT2D eigenvalue weighted by Crippen LogP contribution is 2.12. The topological polar surface area (TPSA) is 51.2 Å². The summed E-state index contributed by atoms with van der Waals surface area (Å²) in [5.74, 6) is 0.747. The molecule has 0 saturated carbocycles. The van der Waals surface area contributed by atoms with Gasteiger partial charge in [0.2, 0.25) is 0 Å². The molecule has 1 heterocycles. The summed E-state index contributed by atoms with van der Waals surface area (Å²) in [6.07, 6.45) is 5.38. The molecule has 110 valence electrons. The number of unbranched alkanes of at least 4 members (excludes halogenated alkanes) is 1. The van der Waals surface area contributed by atoms with E-state index in [1.807, 2.05) is 24.3 Å². The van der Waals surface area contributed by atoms with Crippen LogP contribution in [0.3, 0.4) is 0 Å². The zero-order valence-electron chi connectivity index (χ0n) is 12.2. The van der Waals surface area contributed by atoms with Gasteiger partial charge >= 0.3 is 0 Å². The number of rotatable bonds is 7. The summed E-state index contributed by atoms with van der Waals surface area (Å²) in [6, 6.07) is 11.3. The predicted molar refractivity (Wildman–Crippen MR) is 82.3 cm³/mol. The number of aromatic nitrogens is 1. The average Bonchev–Trinajstić information content (AvgIpc) is 2.55. The number of pyridine rings is 1. The third-order valence-corrected chi connectivity index (χ3v) is 3.07. The van der Waals surface area contributed by atoms with Gasteiger partial charge in [-0.3, -0.25) is 9.78 Å². The van der Waals surface area contributed by atoms with E-state index in [0.717, 1.165) is 30.8 Å². The molecule has 1 aromatic carbocycles. The molecule has 1 amide bonds. The summed E-state index contributed by atoms with van der Waals surface area (Å²) in [5, 5.41) is 2.87. The lowest BCUT2D eigenvalue weighted by molar-refractivity contribution is 0.0950. The van der Waals surface area contributed by atoms with Crippen molar-refractivity contribution >= 4 is 5.91 Å². The molecule has 0 aliphatic rings. The highest BCUT2D eigenvalue weighted by atomic mass is 16.5. The molecule has 1 N–H and O–H groups in total. The minimum Gasteiger partial charge on any atom is -0.494 e. The molecule has 2 rings (SSSR count). The van der Waals surface area contributed by atoms with Crippen molar-refractivity contribution in [1.29, 1.82) is 0 Å². The first-order valence-corrected chi connectivity index (χ1v) is 7.19. The van der Waals surface area contributed by atoms with Crippen LogP contribution in [0.5, 0.6) is 5.75 Å². The van der Waals surface area contributed by atoms with Gasteiger partial charge in [-0.1, -0.05) is 25.5 Å². The molecule has 0 aliphatic heterocycles. The Bertz CT molecular complexity index is 553. The quantitative estimate of drug-likeness (QED) is 0.794. The van der Waals surface area contributed by atoms with Gasteiger partial charge in [0.25, 0.3) is 5.91 Å². The molecule has 1 aromatic heterocycles. The number of nitrogens with zero attached hydrogens (tertiary/aromatic N) is 1. The zero-order chi connectivity index (χ0) is 14.9. The first-order chi connectivity index (χ1) is 10.3. The molecule has 0 bridgehead atoms. The highest BCUT2D eigenvalue weighted by molar-refractivity contribution is 5.93. The smallest absolute Gasteiger partial charge is 0.253 e. The third kappa shape index (κ3) is 4.91. The van der Waals surface area contributed by atoms with Crippen molar-refractivity contribution < 1.29 is 9.53 Å². The fraction of sp³-hybridized carbons (Fsp3) is 0.294. The van der Waals surface area contributed by atoms with E-state index in [0.29, 0.717) is 12.1 Å². The molecule has 0 fully saturated rings. The van der Waals surface area contributed by atoms with Gasteiger partial charge in [-0.05, 0) is 36.2 Å². The van der Waals surface area contributed by atoms with Crippen molar-refractivity contribution in [1.82, 2.24) is 10.3 Å². The van der Waals surface area contributed by atoms with Crippen molar-refractivity contribution in [3.05, 3.63) is 59.9 Å². The van der Waals surface area contributed by atoms with Crippen molar-refractivity contribution in [2.24, 2.45) is 0 Å². The number of amides is 1. The lowest BCUT2D eigenvalue weighted by Crippen LogP contribution is -2.22. The van der Waals surface area contributed by atoms with Crippen molar-refractivity contribution in [3.8, 4) is 5.75 Å². The maximum Gasteiger partial charge on any atom is 0.253 e. The molecule has 0 unspecified atom stereocenters. The Hall–Kier alpha value is -2.36. The molecule has 0 spiro atoms. The second-order valence-corrected chi connectivity index (χ2v) is 4.77. The predicted octanol–water partition coefficient (Wildman–Crippen LogP) is 3.19. The first-order valence-electron chi connectivity index (χ1n) is 7.19. The van der Waals surface area contributed by atoms with Crippen LogP contribution in [-0.4, -0.2) is 17.5 Å². The van der Waals surface area contributed by atoms with Gasteiger partial charge in [-0.25, -0.2) is 0 Å². The fourth-order valence-electron chi connectivity index (χ4n) is 1.82. The minimum atomic E-state index is -0.119. The Labute approximate surface area is 125 Å². The SMILES string of the molecule is CCCCOc1ccc(CNC(=O)c2cccnc2)cc1. The maximum atomic E-state index is 11.9. The fourth-order valence-corrected chi connectivity index (χ4v) is 1.82. The number of benzene rings is 1. The number of carbonyl (C=O) groups is 1. The number of carbonyl (C=O) groups excluding carboxylic acids is 1. The van der Waals surface area contributed by atoms with Crippen LogP contribution >= 0.6 is 0 Å². The Balaban J connectivity index is 1.82. The van der Waals surface area contributed by atoms with Gasteiger partial charge in [0.1, 0.15) is 5.75 Å². The van der Waals surface area contributed by atoms with Crippen LogP contribution in [0.15, 0.2) is 48.8 Å². The number of hydrogen-bond donors (Lipinski definition) is 1. The molecule has 0 saturated heterocycles. The van der Waals surface area contributed by atoms with Gasteiger partial charge in [-0.15, -0.1) is 0 Å². The Morgan fingerprint density at radius 3 is 2.71 bits per heavy atom. The zero-order valence-corrected chi connectivity index (χ0v) is 12.2. The lowest BCUT2D eigenvalue weighted by atomic mass is 10.2. The second-order valence-electron chi connectivity index (χ2n) is 4.77. The highest BCUT2D eigenvalue weighted by Gasteiger charge is 2.04. The summed E-state index contributed by atoms with van der Waals surface area (Å²) in [5.41, 5.74) is 1.60.